The third-order valence-electron chi connectivity index (χ3n) is 3.25. The SMILES string of the molecule is c1ccc2c(-c3coc4ccccc34)coc2c1. The highest BCUT2D eigenvalue weighted by Gasteiger charge is 2.12. The average molecular weight is 234 g/mol. The number of fused-ring (bicyclic) bond motifs is 2. The van der Waals surface area contributed by atoms with E-state index in [2.05, 4.69) is 12.1 Å². The molecule has 0 radical (unpaired) electrons. The lowest BCUT2D eigenvalue weighted by Gasteiger charge is -1.94. The fraction of sp³-hybridized carbons (Fsp3) is 0. The monoisotopic (exact) mass is 234 g/mol. The van der Waals surface area contributed by atoms with E-state index < -0.39 is 0 Å². The molecule has 2 heterocycles. The predicted octanol–water partition coefficient (Wildman–Crippen LogP) is 4.85. The van der Waals surface area contributed by atoms with Crippen molar-refractivity contribution >= 4 is 21.9 Å². The number of furan rings is 2. The highest BCUT2D eigenvalue weighted by atomic mass is 16.3. The maximum atomic E-state index is 5.58. The van der Waals surface area contributed by atoms with Crippen molar-refractivity contribution in [2.45, 2.75) is 0 Å². The molecule has 2 aromatic carbocycles. The van der Waals surface area contributed by atoms with Gasteiger partial charge in [-0.05, 0) is 12.1 Å². The molecule has 0 aliphatic rings. The van der Waals surface area contributed by atoms with Crippen LogP contribution < -0.4 is 0 Å². The number of hydrogen-bond donors (Lipinski definition) is 0. The van der Waals surface area contributed by atoms with Crippen LogP contribution in [0.25, 0.3) is 33.1 Å². The zero-order valence-electron chi connectivity index (χ0n) is 9.59. The third kappa shape index (κ3) is 1.23. The Hall–Kier alpha value is -2.48. The molecule has 0 bridgehead atoms. The minimum Gasteiger partial charge on any atom is -0.464 e. The quantitative estimate of drug-likeness (QED) is 0.470. The van der Waals surface area contributed by atoms with Crippen molar-refractivity contribution < 1.29 is 8.83 Å². The first-order chi connectivity index (χ1) is 8.93. The van der Waals surface area contributed by atoms with E-state index >= 15 is 0 Å². The molecule has 0 N–H and O–H groups in total. The summed E-state index contributed by atoms with van der Waals surface area (Å²) >= 11 is 0. The lowest BCUT2D eigenvalue weighted by Crippen LogP contribution is -1.72. The summed E-state index contributed by atoms with van der Waals surface area (Å²) in [5.41, 5.74) is 3.96. The molecule has 18 heavy (non-hydrogen) atoms. The number of para-hydroxylation sites is 2. The lowest BCUT2D eigenvalue weighted by atomic mass is 10.0. The predicted molar refractivity (Wildman–Crippen MR) is 71.4 cm³/mol. The Kier molecular flexibility index (Phi) is 1.86. The second-order valence-electron chi connectivity index (χ2n) is 4.29. The van der Waals surface area contributed by atoms with Gasteiger partial charge in [-0.2, -0.15) is 0 Å². The molecule has 0 spiro atoms. The molecule has 2 heteroatoms. The van der Waals surface area contributed by atoms with Crippen LogP contribution in [0.15, 0.2) is 69.9 Å². The minimum absolute atomic E-state index is 0.901. The standard InChI is InChI=1S/C16H10O2/c1-3-7-15-11(5-1)13(9-17-15)14-10-18-16-8-4-2-6-12(14)16/h1-10H. The zero-order valence-corrected chi connectivity index (χ0v) is 9.59. The molecule has 0 aliphatic heterocycles. The van der Waals surface area contributed by atoms with E-state index in [1.807, 2.05) is 36.4 Å². The van der Waals surface area contributed by atoms with Crippen LogP contribution in [0.5, 0.6) is 0 Å². The van der Waals surface area contributed by atoms with E-state index in [-0.39, 0.29) is 0 Å². The van der Waals surface area contributed by atoms with Crippen LogP contribution in [-0.4, -0.2) is 0 Å². The summed E-state index contributed by atoms with van der Waals surface area (Å²) in [5, 5.41) is 2.23. The van der Waals surface area contributed by atoms with Crippen molar-refractivity contribution in [2.75, 3.05) is 0 Å². The van der Waals surface area contributed by atoms with Crippen molar-refractivity contribution in [3.63, 3.8) is 0 Å². The largest absolute Gasteiger partial charge is 0.464 e. The summed E-state index contributed by atoms with van der Waals surface area (Å²) in [5.74, 6) is 0. The molecule has 0 aliphatic carbocycles. The number of benzene rings is 2. The summed E-state index contributed by atoms with van der Waals surface area (Å²) in [6.45, 7) is 0. The number of rotatable bonds is 1. The second kappa shape index (κ2) is 3.50. The van der Waals surface area contributed by atoms with Crippen molar-refractivity contribution in [2.24, 2.45) is 0 Å². The van der Waals surface area contributed by atoms with Crippen LogP contribution in [0.2, 0.25) is 0 Å². The second-order valence-corrected chi connectivity index (χ2v) is 4.29. The molecule has 0 atom stereocenters. The summed E-state index contributed by atoms with van der Waals surface area (Å²) in [6.07, 6.45) is 3.59. The molecule has 0 amide bonds. The Labute approximate surface area is 103 Å². The maximum Gasteiger partial charge on any atom is 0.134 e. The van der Waals surface area contributed by atoms with Crippen molar-refractivity contribution in [1.82, 2.24) is 0 Å². The van der Waals surface area contributed by atoms with Crippen LogP contribution in [0.3, 0.4) is 0 Å². The van der Waals surface area contributed by atoms with E-state index in [0.29, 0.717) is 0 Å². The van der Waals surface area contributed by atoms with Gasteiger partial charge in [0.25, 0.3) is 0 Å². The van der Waals surface area contributed by atoms with Gasteiger partial charge < -0.3 is 8.83 Å². The molecule has 4 aromatic rings. The van der Waals surface area contributed by atoms with Gasteiger partial charge in [0.2, 0.25) is 0 Å². The first kappa shape index (κ1) is 9.54. The van der Waals surface area contributed by atoms with Crippen molar-refractivity contribution in [1.29, 1.82) is 0 Å². The van der Waals surface area contributed by atoms with Crippen LogP contribution in [-0.2, 0) is 0 Å². The Bertz CT molecular complexity index is 764. The van der Waals surface area contributed by atoms with Crippen LogP contribution in [0.1, 0.15) is 0 Å². The molecule has 0 saturated heterocycles. The van der Waals surface area contributed by atoms with Gasteiger partial charge in [0.15, 0.2) is 0 Å². The molecular weight excluding hydrogens is 224 g/mol. The molecule has 4 rings (SSSR count). The van der Waals surface area contributed by atoms with Gasteiger partial charge in [0.1, 0.15) is 11.2 Å². The molecule has 2 nitrogen and oxygen atoms in total. The van der Waals surface area contributed by atoms with E-state index in [9.17, 15) is 0 Å². The van der Waals surface area contributed by atoms with Crippen molar-refractivity contribution in [3.05, 3.63) is 61.1 Å². The van der Waals surface area contributed by atoms with Gasteiger partial charge in [0.05, 0.1) is 12.5 Å². The summed E-state index contributed by atoms with van der Waals surface area (Å²) in [4.78, 5) is 0. The average Bonchev–Trinajstić information content (AvgIpc) is 3.01. The molecule has 0 unspecified atom stereocenters. The first-order valence-electron chi connectivity index (χ1n) is 5.86. The smallest absolute Gasteiger partial charge is 0.134 e. The molecular formula is C16H10O2. The van der Waals surface area contributed by atoms with Gasteiger partial charge in [-0.1, -0.05) is 36.4 Å². The van der Waals surface area contributed by atoms with E-state index in [1.54, 1.807) is 12.5 Å². The Morgan fingerprint density at radius 1 is 0.556 bits per heavy atom. The maximum absolute atomic E-state index is 5.58. The van der Waals surface area contributed by atoms with E-state index in [0.717, 1.165) is 33.1 Å². The first-order valence-corrected chi connectivity index (χ1v) is 5.86. The fourth-order valence-electron chi connectivity index (χ4n) is 2.37. The molecule has 86 valence electrons. The van der Waals surface area contributed by atoms with Gasteiger partial charge in [-0.15, -0.1) is 0 Å². The zero-order chi connectivity index (χ0) is 11.9. The summed E-state index contributed by atoms with van der Waals surface area (Å²) in [7, 11) is 0. The van der Waals surface area contributed by atoms with Gasteiger partial charge >= 0.3 is 0 Å². The van der Waals surface area contributed by atoms with Crippen molar-refractivity contribution in [3.8, 4) is 11.1 Å². The van der Waals surface area contributed by atoms with Crippen LogP contribution in [0, 0.1) is 0 Å². The topological polar surface area (TPSA) is 26.3 Å². The number of hydrogen-bond acceptors (Lipinski definition) is 2. The van der Waals surface area contributed by atoms with Gasteiger partial charge in [0, 0.05) is 21.9 Å². The van der Waals surface area contributed by atoms with Gasteiger partial charge in [-0.25, -0.2) is 0 Å². The fourth-order valence-corrected chi connectivity index (χ4v) is 2.37. The molecule has 2 aromatic heterocycles. The Morgan fingerprint density at radius 2 is 1.00 bits per heavy atom. The normalized spacial score (nSPS) is 11.3. The molecule has 0 saturated carbocycles. The summed E-state index contributed by atoms with van der Waals surface area (Å²) in [6, 6.07) is 16.1. The Balaban J connectivity index is 2.08. The molecule has 0 fully saturated rings. The van der Waals surface area contributed by atoms with E-state index in [1.165, 1.54) is 0 Å². The highest BCUT2D eigenvalue weighted by Crippen LogP contribution is 2.36. The van der Waals surface area contributed by atoms with Crippen LogP contribution in [0.4, 0.5) is 0 Å². The lowest BCUT2D eigenvalue weighted by molar-refractivity contribution is 0.612. The van der Waals surface area contributed by atoms with Crippen LogP contribution >= 0.6 is 0 Å². The highest BCUT2D eigenvalue weighted by molar-refractivity contribution is 6.02. The van der Waals surface area contributed by atoms with E-state index in [4.69, 9.17) is 8.83 Å². The Morgan fingerprint density at radius 3 is 1.50 bits per heavy atom. The third-order valence-corrected chi connectivity index (χ3v) is 3.25. The minimum atomic E-state index is 0.901. The van der Waals surface area contributed by atoms with Gasteiger partial charge in [-0.3, -0.25) is 0 Å². The summed E-state index contributed by atoms with van der Waals surface area (Å²) < 4.78 is 11.2.